The van der Waals surface area contributed by atoms with Crippen LogP contribution in [0, 0.1) is 5.92 Å². The molecule has 8 nitrogen and oxygen atoms in total. The predicted octanol–water partition coefficient (Wildman–Crippen LogP) is 4.01. The van der Waals surface area contributed by atoms with Crippen molar-refractivity contribution < 1.29 is 18.7 Å². The van der Waals surface area contributed by atoms with Crippen LogP contribution in [0.5, 0.6) is 11.5 Å². The molecule has 0 radical (unpaired) electrons. The van der Waals surface area contributed by atoms with Crippen LogP contribution >= 0.6 is 11.8 Å². The Morgan fingerprint density at radius 2 is 1.94 bits per heavy atom. The molecule has 9 heteroatoms. The van der Waals surface area contributed by atoms with Crippen molar-refractivity contribution in [3.8, 4) is 23.1 Å². The average Bonchev–Trinajstić information content (AvgIpc) is 3.41. The number of aromatic nitrogens is 3. The average molecular weight is 445 g/mol. The monoisotopic (exact) mass is 444 g/mol. The number of furan rings is 1. The van der Waals surface area contributed by atoms with Crippen molar-refractivity contribution in [3.63, 3.8) is 0 Å². The number of carbonyl (C=O) groups is 1. The minimum absolute atomic E-state index is 0.0848. The number of carbonyl (C=O) groups excluding carboxylic acids is 1. The summed E-state index contributed by atoms with van der Waals surface area (Å²) in [4.78, 5) is 12.7. The van der Waals surface area contributed by atoms with Gasteiger partial charge in [0, 0.05) is 13.1 Å². The summed E-state index contributed by atoms with van der Waals surface area (Å²) in [5.41, 5.74) is 0.922. The first-order valence-electron chi connectivity index (χ1n) is 10.0. The molecule has 0 saturated carbocycles. The molecule has 1 N–H and O–H groups in total. The van der Waals surface area contributed by atoms with Crippen LogP contribution in [0.2, 0.25) is 0 Å². The van der Waals surface area contributed by atoms with Crippen LogP contribution in [0.3, 0.4) is 0 Å². The van der Waals surface area contributed by atoms with Crippen molar-refractivity contribution in [1.29, 1.82) is 0 Å². The van der Waals surface area contributed by atoms with Gasteiger partial charge < -0.3 is 19.2 Å². The third-order valence-corrected chi connectivity index (χ3v) is 5.65. The van der Waals surface area contributed by atoms with Gasteiger partial charge in [0.2, 0.25) is 5.91 Å². The number of methoxy groups -OCH3 is 2. The van der Waals surface area contributed by atoms with Crippen LogP contribution in [-0.2, 0) is 17.9 Å². The van der Waals surface area contributed by atoms with E-state index >= 15 is 0 Å². The Kier molecular flexibility index (Phi) is 7.62. The summed E-state index contributed by atoms with van der Waals surface area (Å²) < 4.78 is 18.1. The van der Waals surface area contributed by atoms with Gasteiger partial charge in [-0.2, -0.15) is 0 Å². The number of ether oxygens (including phenoxy) is 2. The number of amides is 1. The van der Waals surface area contributed by atoms with E-state index in [1.165, 1.54) is 11.8 Å². The van der Waals surface area contributed by atoms with E-state index in [4.69, 9.17) is 13.9 Å². The number of hydrogen-bond acceptors (Lipinski definition) is 7. The molecular weight excluding hydrogens is 416 g/mol. The van der Waals surface area contributed by atoms with Gasteiger partial charge in [0.1, 0.15) is 0 Å². The minimum Gasteiger partial charge on any atom is -0.493 e. The second kappa shape index (κ2) is 10.4. The third kappa shape index (κ3) is 5.61. The highest BCUT2D eigenvalue weighted by Gasteiger charge is 2.22. The number of benzene rings is 1. The van der Waals surface area contributed by atoms with E-state index in [9.17, 15) is 4.79 Å². The van der Waals surface area contributed by atoms with Gasteiger partial charge in [-0.05, 0) is 42.7 Å². The zero-order chi connectivity index (χ0) is 22.4. The van der Waals surface area contributed by atoms with Crippen molar-refractivity contribution in [1.82, 2.24) is 20.1 Å². The normalized spacial score (nSPS) is 12.1. The zero-order valence-corrected chi connectivity index (χ0v) is 19.2. The molecule has 0 aliphatic carbocycles. The molecule has 2 heterocycles. The fraction of sp³-hybridized carbons (Fsp3) is 0.409. The molecule has 1 atom stereocenters. The molecule has 0 spiro atoms. The Morgan fingerprint density at radius 1 is 1.16 bits per heavy atom. The highest BCUT2D eigenvalue weighted by molar-refractivity contribution is 8.00. The molecule has 1 amide bonds. The summed E-state index contributed by atoms with van der Waals surface area (Å²) in [6.45, 7) is 7.22. The van der Waals surface area contributed by atoms with Crippen molar-refractivity contribution >= 4 is 17.7 Å². The highest BCUT2D eigenvalue weighted by Crippen LogP contribution is 2.29. The molecule has 2 aromatic heterocycles. The second-order valence-electron chi connectivity index (χ2n) is 7.46. The first-order valence-corrected chi connectivity index (χ1v) is 10.9. The fourth-order valence-electron chi connectivity index (χ4n) is 3.03. The van der Waals surface area contributed by atoms with E-state index in [-0.39, 0.29) is 11.2 Å². The van der Waals surface area contributed by atoms with Gasteiger partial charge in [0.05, 0.1) is 25.7 Å². The van der Waals surface area contributed by atoms with Crippen molar-refractivity contribution in [3.05, 3.63) is 42.2 Å². The van der Waals surface area contributed by atoms with Gasteiger partial charge in [0.15, 0.2) is 28.2 Å². The maximum Gasteiger partial charge on any atom is 0.233 e. The predicted molar refractivity (Wildman–Crippen MR) is 119 cm³/mol. The van der Waals surface area contributed by atoms with Crippen molar-refractivity contribution in [2.45, 2.75) is 44.3 Å². The molecular formula is C22H28N4O4S. The molecule has 1 unspecified atom stereocenters. The second-order valence-corrected chi connectivity index (χ2v) is 8.76. The molecule has 0 aliphatic heterocycles. The number of nitrogens with one attached hydrogen (secondary N) is 1. The number of nitrogens with zero attached hydrogens (tertiary/aromatic N) is 3. The molecule has 3 rings (SSSR count). The molecule has 0 bridgehead atoms. The smallest absolute Gasteiger partial charge is 0.233 e. The standard InChI is InChI=1S/C22H28N4O4S/c1-14(2)13-26-20(18-7-6-10-30-18)24-25-22(26)31-15(3)21(27)23-12-16-8-9-17(28-4)19(11-16)29-5/h6-11,14-15H,12-13H2,1-5H3,(H,23,27). The lowest BCUT2D eigenvalue weighted by atomic mass is 10.2. The van der Waals surface area contributed by atoms with Crippen LogP contribution < -0.4 is 14.8 Å². The maximum atomic E-state index is 12.7. The van der Waals surface area contributed by atoms with E-state index in [1.807, 2.05) is 41.8 Å². The van der Waals surface area contributed by atoms with Crippen molar-refractivity contribution in [2.24, 2.45) is 5.92 Å². The first kappa shape index (κ1) is 22.7. The Bertz CT molecular complexity index is 1000. The lowest BCUT2D eigenvalue weighted by Crippen LogP contribution is -2.30. The molecule has 0 saturated heterocycles. The summed E-state index contributed by atoms with van der Waals surface area (Å²) in [5.74, 6) is 2.91. The molecule has 0 fully saturated rings. The summed E-state index contributed by atoms with van der Waals surface area (Å²) in [6, 6.07) is 9.25. The molecule has 31 heavy (non-hydrogen) atoms. The fourth-order valence-corrected chi connectivity index (χ4v) is 3.91. The number of thioether (sulfide) groups is 1. The van der Waals surface area contributed by atoms with Crippen LogP contribution in [0.4, 0.5) is 0 Å². The molecule has 1 aromatic carbocycles. The molecule has 0 aliphatic rings. The SMILES string of the molecule is COc1ccc(CNC(=O)C(C)Sc2nnc(-c3ccco3)n2CC(C)C)cc1OC. The van der Waals surface area contributed by atoms with Crippen LogP contribution in [-0.4, -0.2) is 40.1 Å². The van der Waals surface area contributed by atoms with Gasteiger partial charge in [-0.25, -0.2) is 0 Å². The summed E-state index contributed by atoms with van der Waals surface area (Å²) in [6.07, 6.45) is 1.61. The molecule has 166 valence electrons. The van der Waals surface area contributed by atoms with E-state index in [0.717, 1.165) is 12.1 Å². The summed E-state index contributed by atoms with van der Waals surface area (Å²) in [5, 5.41) is 11.9. The minimum atomic E-state index is -0.347. The van der Waals surface area contributed by atoms with E-state index in [0.29, 0.717) is 40.7 Å². The lowest BCUT2D eigenvalue weighted by molar-refractivity contribution is -0.120. The van der Waals surface area contributed by atoms with Gasteiger partial charge in [-0.3, -0.25) is 9.36 Å². The van der Waals surface area contributed by atoms with E-state index in [2.05, 4.69) is 29.4 Å². The maximum absolute atomic E-state index is 12.7. The largest absolute Gasteiger partial charge is 0.493 e. The molecule has 3 aromatic rings. The Morgan fingerprint density at radius 3 is 2.58 bits per heavy atom. The quantitative estimate of drug-likeness (QED) is 0.473. The summed E-state index contributed by atoms with van der Waals surface area (Å²) >= 11 is 1.38. The van der Waals surface area contributed by atoms with E-state index in [1.54, 1.807) is 20.5 Å². The highest BCUT2D eigenvalue weighted by atomic mass is 32.2. The Hall–Kier alpha value is -2.94. The van der Waals surface area contributed by atoms with Crippen molar-refractivity contribution in [2.75, 3.05) is 14.2 Å². The van der Waals surface area contributed by atoms with Crippen LogP contribution in [0.25, 0.3) is 11.6 Å². The third-order valence-electron chi connectivity index (χ3n) is 4.57. The van der Waals surface area contributed by atoms with Gasteiger partial charge in [-0.1, -0.05) is 31.7 Å². The van der Waals surface area contributed by atoms with Gasteiger partial charge >= 0.3 is 0 Å². The zero-order valence-electron chi connectivity index (χ0n) is 18.4. The topological polar surface area (TPSA) is 91.4 Å². The Balaban J connectivity index is 1.67. The van der Waals surface area contributed by atoms with Gasteiger partial charge in [0.25, 0.3) is 0 Å². The number of hydrogen-bond donors (Lipinski definition) is 1. The van der Waals surface area contributed by atoms with E-state index < -0.39 is 0 Å². The van der Waals surface area contributed by atoms with Gasteiger partial charge in [-0.15, -0.1) is 10.2 Å². The van der Waals surface area contributed by atoms with Crippen LogP contribution in [0.15, 0.2) is 46.2 Å². The number of rotatable bonds is 10. The first-order chi connectivity index (χ1) is 14.9. The lowest BCUT2D eigenvalue weighted by Gasteiger charge is -2.15. The summed E-state index contributed by atoms with van der Waals surface area (Å²) in [7, 11) is 3.18. The van der Waals surface area contributed by atoms with Crippen LogP contribution in [0.1, 0.15) is 26.3 Å². The Labute approximate surface area is 186 Å².